The second-order valence-corrected chi connectivity index (χ2v) is 7.22. The summed E-state index contributed by atoms with van der Waals surface area (Å²) in [6, 6.07) is 15.3. The molecule has 0 bridgehead atoms. The molecule has 2 amide bonds. The van der Waals surface area contributed by atoms with Gasteiger partial charge >= 0.3 is 0 Å². The molecule has 1 fully saturated rings. The van der Waals surface area contributed by atoms with Crippen LogP contribution in [0.1, 0.15) is 45.1 Å². The van der Waals surface area contributed by atoms with E-state index < -0.39 is 0 Å². The number of nitrogens with zero attached hydrogens (tertiary/aromatic N) is 1. The van der Waals surface area contributed by atoms with Gasteiger partial charge in [-0.2, -0.15) is 0 Å². The van der Waals surface area contributed by atoms with Gasteiger partial charge in [0.1, 0.15) is 5.75 Å². The molecule has 1 N–H and O–H groups in total. The maximum atomic E-state index is 12.7. The molecule has 3 rings (SSSR count). The molecular weight excluding hydrogens is 352 g/mol. The fraction of sp³-hybridized carbons (Fsp3) is 0.391. The number of rotatable bonds is 7. The standard InChI is InChI=1S/C23H28N2O3/c1-4-16(3)20-8-6-7-9-21(20)25-15-17(14-22(25)26)23(27)24-18-10-12-19(13-11-18)28-5-2/h6-13,16-17H,4-5,14-15H2,1-3H3,(H,24,27)/t16-,17+/m0/s1. The van der Waals surface area contributed by atoms with Gasteiger partial charge in [0.05, 0.1) is 12.5 Å². The van der Waals surface area contributed by atoms with Gasteiger partial charge in [-0.3, -0.25) is 9.59 Å². The summed E-state index contributed by atoms with van der Waals surface area (Å²) in [5, 5.41) is 2.92. The summed E-state index contributed by atoms with van der Waals surface area (Å²) < 4.78 is 5.42. The molecule has 0 radical (unpaired) electrons. The van der Waals surface area contributed by atoms with E-state index in [0.29, 0.717) is 24.8 Å². The number of hydrogen-bond donors (Lipinski definition) is 1. The molecule has 5 heteroatoms. The first-order valence-corrected chi connectivity index (χ1v) is 9.96. The topological polar surface area (TPSA) is 58.6 Å². The van der Waals surface area contributed by atoms with Crippen molar-refractivity contribution in [2.75, 3.05) is 23.4 Å². The van der Waals surface area contributed by atoms with Crippen molar-refractivity contribution in [2.24, 2.45) is 5.92 Å². The fourth-order valence-corrected chi connectivity index (χ4v) is 3.53. The molecule has 1 aliphatic rings. The van der Waals surface area contributed by atoms with Gasteiger partial charge in [-0.25, -0.2) is 0 Å². The van der Waals surface area contributed by atoms with Crippen LogP contribution in [0.5, 0.6) is 5.75 Å². The van der Waals surface area contributed by atoms with Crippen molar-refractivity contribution in [3.63, 3.8) is 0 Å². The lowest BCUT2D eigenvalue weighted by atomic mass is 9.96. The number of benzene rings is 2. The van der Waals surface area contributed by atoms with Crippen molar-refractivity contribution in [3.8, 4) is 5.75 Å². The third-order valence-corrected chi connectivity index (χ3v) is 5.30. The average molecular weight is 380 g/mol. The zero-order valence-corrected chi connectivity index (χ0v) is 16.8. The molecule has 0 spiro atoms. The number of ether oxygens (including phenoxy) is 1. The van der Waals surface area contributed by atoms with E-state index in [0.717, 1.165) is 23.4 Å². The normalized spacial score (nSPS) is 17.5. The number of carbonyl (C=O) groups excluding carboxylic acids is 2. The van der Waals surface area contributed by atoms with Gasteiger partial charge in [0.2, 0.25) is 11.8 Å². The predicted molar refractivity (Wildman–Crippen MR) is 112 cm³/mol. The Morgan fingerprint density at radius 1 is 1.18 bits per heavy atom. The summed E-state index contributed by atoms with van der Waals surface area (Å²) in [5.74, 6) is 0.651. The SMILES string of the molecule is CCOc1ccc(NC(=O)[C@@H]2CC(=O)N(c3ccccc3[C@@H](C)CC)C2)cc1. The third-order valence-electron chi connectivity index (χ3n) is 5.30. The highest BCUT2D eigenvalue weighted by atomic mass is 16.5. The summed E-state index contributed by atoms with van der Waals surface area (Å²) >= 11 is 0. The molecule has 0 unspecified atom stereocenters. The largest absolute Gasteiger partial charge is 0.494 e. The van der Waals surface area contributed by atoms with Crippen molar-refractivity contribution >= 4 is 23.2 Å². The van der Waals surface area contributed by atoms with E-state index in [4.69, 9.17) is 4.74 Å². The second kappa shape index (κ2) is 8.91. The lowest BCUT2D eigenvalue weighted by molar-refractivity contribution is -0.122. The van der Waals surface area contributed by atoms with E-state index in [1.54, 1.807) is 4.90 Å². The highest BCUT2D eigenvalue weighted by molar-refractivity contribution is 6.03. The molecule has 0 aromatic heterocycles. The van der Waals surface area contributed by atoms with Crippen LogP contribution in [0.3, 0.4) is 0 Å². The first-order valence-electron chi connectivity index (χ1n) is 9.96. The summed E-state index contributed by atoms with van der Waals surface area (Å²) in [7, 11) is 0. The maximum Gasteiger partial charge on any atom is 0.229 e. The Hall–Kier alpha value is -2.82. The van der Waals surface area contributed by atoms with Gasteiger partial charge in [0.15, 0.2) is 0 Å². The zero-order valence-electron chi connectivity index (χ0n) is 16.8. The van der Waals surface area contributed by atoms with Gasteiger partial charge in [-0.15, -0.1) is 0 Å². The molecular formula is C23H28N2O3. The van der Waals surface area contributed by atoms with Crippen LogP contribution in [0.4, 0.5) is 11.4 Å². The Bertz CT molecular complexity index is 832. The van der Waals surface area contributed by atoms with Crippen LogP contribution in [0, 0.1) is 5.92 Å². The Morgan fingerprint density at radius 3 is 2.57 bits per heavy atom. The van der Waals surface area contributed by atoms with E-state index in [9.17, 15) is 9.59 Å². The Kier molecular flexibility index (Phi) is 6.34. The fourth-order valence-electron chi connectivity index (χ4n) is 3.53. The van der Waals surface area contributed by atoms with E-state index in [2.05, 4.69) is 25.2 Å². The number of anilines is 2. The molecule has 0 saturated carbocycles. The Labute approximate surface area is 166 Å². The highest BCUT2D eigenvalue weighted by Crippen LogP contribution is 2.33. The number of carbonyl (C=O) groups is 2. The van der Waals surface area contributed by atoms with Crippen LogP contribution in [-0.4, -0.2) is 25.0 Å². The number of hydrogen-bond acceptors (Lipinski definition) is 3. The van der Waals surface area contributed by atoms with Crippen LogP contribution in [0.15, 0.2) is 48.5 Å². The Morgan fingerprint density at radius 2 is 1.89 bits per heavy atom. The molecule has 2 aromatic carbocycles. The molecule has 28 heavy (non-hydrogen) atoms. The van der Waals surface area contributed by atoms with Crippen LogP contribution in [-0.2, 0) is 9.59 Å². The lowest BCUT2D eigenvalue weighted by Gasteiger charge is -2.23. The molecule has 2 atom stereocenters. The Balaban J connectivity index is 1.70. The van der Waals surface area contributed by atoms with Crippen molar-refractivity contribution in [3.05, 3.63) is 54.1 Å². The van der Waals surface area contributed by atoms with Crippen LogP contribution < -0.4 is 15.0 Å². The van der Waals surface area contributed by atoms with E-state index in [1.807, 2.05) is 49.4 Å². The van der Waals surface area contributed by atoms with Gasteiger partial charge < -0.3 is 15.0 Å². The van der Waals surface area contributed by atoms with Crippen molar-refractivity contribution in [1.82, 2.24) is 0 Å². The number of amides is 2. The molecule has 1 heterocycles. The third kappa shape index (κ3) is 4.35. The lowest BCUT2D eigenvalue weighted by Crippen LogP contribution is -2.29. The first-order chi connectivity index (χ1) is 13.5. The number of nitrogens with one attached hydrogen (secondary N) is 1. The monoisotopic (exact) mass is 380 g/mol. The minimum Gasteiger partial charge on any atom is -0.494 e. The molecule has 2 aromatic rings. The van der Waals surface area contributed by atoms with E-state index in [1.165, 1.54) is 0 Å². The van der Waals surface area contributed by atoms with Gasteiger partial charge in [-0.05, 0) is 55.2 Å². The highest BCUT2D eigenvalue weighted by Gasteiger charge is 2.36. The molecule has 1 aliphatic heterocycles. The maximum absolute atomic E-state index is 12.7. The summed E-state index contributed by atoms with van der Waals surface area (Å²) in [5.41, 5.74) is 2.79. The molecule has 5 nitrogen and oxygen atoms in total. The van der Waals surface area contributed by atoms with Crippen LogP contribution >= 0.6 is 0 Å². The van der Waals surface area contributed by atoms with Crippen LogP contribution in [0.2, 0.25) is 0 Å². The quantitative estimate of drug-likeness (QED) is 0.764. The summed E-state index contributed by atoms with van der Waals surface area (Å²) in [6.07, 6.45) is 1.23. The predicted octanol–water partition coefficient (Wildman–Crippen LogP) is 4.59. The van der Waals surface area contributed by atoms with Gasteiger partial charge in [0.25, 0.3) is 0 Å². The van der Waals surface area contributed by atoms with Crippen molar-refractivity contribution in [2.45, 2.75) is 39.5 Å². The zero-order chi connectivity index (χ0) is 20.1. The van der Waals surface area contributed by atoms with Crippen molar-refractivity contribution in [1.29, 1.82) is 0 Å². The summed E-state index contributed by atoms with van der Waals surface area (Å²) in [6.45, 7) is 7.24. The van der Waals surface area contributed by atoms with Gasteiger partial charge in [-0.1, -0.05) is 32.0 Å². The van der Waals surface area contributed by atoms with E-state index >= 15 is 0 Å². The van der Waals surface area contributed by atoms with Gasteiger partial charge in [0, 0.05) is 24.3 Å². The number of para-hydroxylation sites is 1. The molecule has 1 saturated heterocycles. The smallest absolute Gasteiger partial charge is 0.229 e. The van der Waals surface area contributed by atoms with E-state index in [-0.39, 0.29) is 24.2 Å². The minimum atomic E-state index is -0.357. The van der Waals surface area contributed by atoms with Crippen LogP contribution in [0.25, 0.3) is 0 Å². The second-order valence-electron chi connectivity index (χ2n) is 7.22. The first kappa shape index (κ1) is 19.9. The average Bonchev–Trinajstić information content (AvgIpc) is 3.11. The summed E-state index contributed by atoms with van der Waals surface area (Å²) in [4.78, 5) is 27.1. The molecule has 0 aliphatic carbocycles. The minimum absolute atomic E-state index is 0.00240. The molecule has 148 valence electrons. The van der Waals surface area contributed by atoms with Crippen molar-refractivity contribution < 1.29 is 14.3 Å².